The van der Waals surface area contributed by atoms with E-state index in [-0.39, 0.29) is 13.2 Å². The van der Waals surface area contributed by atoms with Gasteiger partial charge in [0.1, 0.15) is 18.1 Å². The first-order valence-electron chi connectivity index (χ1n) is 9.24. The Hall–Kier alpha value is -4.25. The molecule has 0 saturated carbocycles. The topological polar surface area (TPSA) is 99.7 Å². The summed E-state index contributed by atoms with van der Waals surface area (Å²) in [6.45, 7) is -0.145. The number of aromatic amines is 1. The lowest BCUT2D eigenvalue weighted by Gasteiger charge is -2.05. The summed E-state index contributed by atoms with van der Waals surface area (Å²) in [6, 6.07) is 13.3. The number of nitrogens with zero attached hydrogens (tertiary/aromatic N) is 1. The van der Waals surface area contributed by atoms with Crippen LogP contribution in [0.3, 0.4) is 0 Å². The maximum atomic E-state index is 12.2. The van der Waals surface area contributed by atoms with Crippen molar-refractivity contribution in [3.05, 3.63) is 77.1 Å². The van der Waals surface area contributed by atoms with E-state index >= 15 is 0 Å². The van der Waals surface area contributed by atoms with E-state index in [1.807, 2.05) is 0 Å². The van der Waals surface area contributed by atoms with E-state index in [0.29, 0.717) is 33.9 Å². The van der Waals surface area contributed by atoms with Crippen LogP contribution in [0.5, 0.6) is 11.5 Å². The number of carbonyl (C=O) groups excluding carboxylic acids is 2. The van der Waals surface area contributed by atoms with Crippen molar-refractivity contribution in [2.45, 2.75) is 6.61 Å². The van der Waals surface area contributed by atoms with Crippen LogP contribution in [-0.2, 0) is 16.1 Å². The van der Waals surface area contributed by atoms with Gasteiger partial charge in [0.05, 0.1) is 42.8 Å². The highest BCUT2D eigenvalue weighted by molar-refractivity contribution is 5.90. The zero-order valence-corrected chi connectivity index (χ0v) is 17.0. The van der Waals surface area contributed by atoms with Gasteiger partial charge in [-0.15, -0.1) is 0 Å². The number of H-pyrrole nitrogens is 1. The number of carbonyl (C=O) groups is 2. The Balaban J connectivity index is 1.54. The van der Waals surface area contributed by atoms with Crippen LogP contribution in [0.2, 0.25) is 0 Å². The minimum atomic E-state index is -0.507. The number of rotatable bonds is 7. The summed E-state index contributed by atoms with van der Waals surface area (Å²) in [5, 5.41) is 6.67. The van der Waals surface area contributed by atoms with Crippen LogP contribution in [0.15, 0.2) is 54.7 Å². The van der Waals surface area contributed by atoms with Crippen LogP contribution in [0.25, 0.3) is 0 Å². The molecule has 0 saturated heterocycles. The first-order chi connectivity index (χ1) is 15.1. The molecule has 3 rings (SSSR count). The van der Waals surface area contributed by atoms with E-state index in [0.717, 1.165) is 0 Å². The van der Waals surface area contributed by atoms with Crippen molar-refractivity contribution < 1.29 is 28.5 Å². The Morgan fingerprint density at radius 1 is 0.935 bits per heavy atom. The maximum Gasteiger partial charge on any atom is 0.339 e. The summed E-state index contributed by atoms with van der Waals surface area (Å²) in [5.41, 5.74) is 1.81. The van der Waals surface area contributed by atoms with Crippen molar-refractivity contribution >= 4 is 11.9 Å². The number of benzene rings is 2. The smallest absolute Gasteiger partial charge is 0.339 e. The van der Waals surface area contributed by atoms with Gasteiger partial charge in [0.15, 0.2) is 6.61 Å². The van der Waals surface area contributed by atoms with E-state index in [1.165, 1.54) is 20.4 Å². The van der Waals surface area contributed by atoms with Crippen LogP contribution in [0.1, 0.15) is 32.0 Å². The van der Waals surface area contributed by atoms with Crippen molar-refractivity contribution in [2.75, 3.05) is 20.8 Å². The van der Waals surface area contributed by atoms with E-state index in [2.05, 4.69) is 22.0 Å². The zero-order chi connectivity index (χ0) is 22.1. The molecule has 8 nitrogen and oxygen atoms in total. The molecule has 158 valence electrons. The molecular formula is C23H20N2O6. The SMILES string of the molecule is COc1cccc(C(=O)OCC#Cc2cn[nH]c2COC(=O)c2cccc(OC)c2)c1. The Morgan fingerprint density at radius 3 is 2.16 bits per heavy atom. The number of methoxy groups -OCH3 is 2. The fourth-order valence-corrected chi connectivity index (χ4v) is 2.57. The van der Waals surface area contributed by atoms with Gasteiger partial charge in [-0.2, -0.15) is 5.10 Å². The minimum Gasteiger partial charge on any atom is -0.497 e. The minimum absolute atomic E-state index is 0.0380. The highest BCUT2D eigenvalue weighted by Gasteiger charge is 2.11. The average Bonchev–Trinajstić information content (AvgIpc) is 3.27. The quantitative estimate of drug-likeness (QED) is 0.463. The van der Waals surface area contributed by atoms with E-state index in [4.69, 9.17) is 18.9 Å². The third-order valence-corrected chi connectivity index (χ3v) is 4.18. The third kappa shape index (κ3) is 5.87. The third-order valence-electron chi connectivity index (χ3n) is 4.18. The van der Waals surface area contributed by atoms with Gasteiger partial charge in [-0.1, -0.05) is 24.0 Å². The number of hydrogen-bond donors (Lipinski definition) is 1. The van der Waals surface area contributed by atoms with Gasteiger partial charge >= 0.3 is 11.9 Å². The van der Waals surface area contributed by atoms with Gasteiger partial charge in [-0.05, 0) is 36.4 Å². The van der Waals surface area contributed by atoms with Crippen LogP contribution in [0.4, 0.5) is 0 Å². The molecule has 0 aliphatic carbocycles. The van der Waals surface area contributed by atoms with Crippen molar-refractivity contribution in [3.8, 4) is 23.3 Å². The van der Waals surface area contributed by atoms with Gasteiger partial charge < -0.3 is 18.9 Å². The molecule has 0 aliphatic rings. The summed E-state index contributed by atoms with van der Waals surface area (Å²) < 4.78 is 20.6. The molecule has 0 aliphatic heterocycles. The molecular weight excluding hydrogens is 400 g/mol. The Bertz CT molecular complexity index is 1130. The number of hydrogen-bond acceptors (Lipinski definition) is 7. The molecule has 0 spiro atoms. The summed E-state index contributed by atoms with van der Waals surface area (Å²) in [6.07, 6.45) is 1.51. The number of esters is 2. The van der Waals surface area contributed by atoms with Gasteiger partial charge in [0.2, 0.25) is 0 Å². The van der Waals surface area contributed by atoms with E-state index in [9.17, 15) is 9.59 Å². The van der Waals surface area contributed by atoms with E-state index < -0.39 is 11.9 Å². The number of aromatic nitrogens is 2. The Labute approximate surface area is 179 Å². The number of nitrogens with one attached hydrogen (secondary N) is 1. The van der Waals surface area contributed by atoms with Crippen molar-refractivity contribution in [1.29, 1.82) is 0 Å². The standard InChI is InChI=1S/C23H20N2O6/c1-28-19-9-3-6-16(12-19)22(26)30-11-5-8-18-14-24-25-21(18)15-31-23(27)17-7-4-10-20(13-17)29-2/h3-4,6-7,9-10,12-14H,11,15H2,1-2H3,(H,24,25). The largest absolute Gasteiger partial charge is 0.497 e. The first-order valence-corrected chi connectivity index (χ1v) is 9.24. The molecule has 0 atom stereocenters. The molecule has 1 N–H and O–H groups in total. The van der Waals surface area contributed by atoms with Crippen LogP contribution < -0.4 is 9.47 Å². The predicted molar refractivity (Wildman–Crippen MR) is 111 cm³/mol. The summed E-state index contributed by atoms with van der Waals surface area (Å²) in [4.78, 5) is 24.3. The molecule has 8 heteroatoms. The highest BCUT2D eigenvalue weighted by Crippen LogP contribution is 2.15. The molecule has 3 aromatic rings. The van der Waals surface area contributed by atoms with Crippen LogP contribution in [-0.4, -0.2) is 43.0 Å². The predicted octanol–water partition coefficient (Wildman–Crippen LogP) is 2.99. The molecule has 0 radical (unpaired) electrons. The summed E-state index contributed by atoms with van der Waals surface area (Å²) in [5.74, 6) is 5.71. The van der Waals surface area contributed by atoms with Gasteiger partial charge in [-0.25, -0.2) is 9.59 Å². The lowest BCUT2D eigenvalue weighted by Crippen LogP contribution is -2.06. The summed E-state index contributed by atoms with van der Waals surface area (Å²) in [7, 11) is 3.04. The van der Waals surface area contributed by atoms with Crippen LogP contribution in [0, 0.1) is 11.8 Å². The summed E-state index contributed by atoms with van der Waals surface area (Å²) >= 11 is 0. The Kier molecular flexibility index (Phi) is 7.27. The van der Waals surface area contributed by atoms with Crippen LogP contribution >= 0.6 is 0 Å². The second kappa shape index (κ2) is 10.5. The lowest BCUT2D eigenvalue weighted by molar-refractivity contribution is 0.0466. The fraction of sp³-hybridized carbons (Fsp3) is 0.174. The van der Waals surface area contributed by atoms with E-state index in [1.54, 1.807) is 48.5 Å². The second-order valence-electron chi connectivity index (χ2n) is 6.18. The van der Waals surface area contributed by atoms with Gasteiger partial charge in [-0.3, -0.25) is 5.10 Å². The maximum absolute atomic E-state index is 12.2. The highest BCUT2D eigenvalue weighted by atomic mass is 16.5. The van der Waals surface area contributed by atoms with Crippen molar-refractivity contribution in [2.24, 2.45) is 0 Å². The monoisotopic (exact) mass is 420 g/mol. The Morgan fingerprint density at radius 2 is 1.55 bits per heavy atom. The molecule has 0 unspecified atom stereocenters. The fourth-order valence-electron chi connectivity index (χ4n) is 2.57. The molecule has 0 bridgehead atoms. The van der Waals surface area contributed by atoms with Crippen molar-refractivity contribution in [1.82, 2.24) is 10.2 Å². The molecule has 2 aromatic carbocycles. The molecule has 31 heavy (non-hydrogen) atoms. The van der Waals surface area contributed by atoms with Crippen molar-refractivity contribution in [3.63, 3.8) is 0 Å². The number of ether oxygens (including phenoxy) is 4. The molecule has 1 heterocycles. The second-order valence-corrected chi connectivity index (χ2v) is 6.18. The van der Waals surface area contributed by atoms with Gasteiger partial charge in [0, 0.05) is 0 Å². The zero-order valence-electron chi connectivity index (χ0n) is 17.0. The first kappa shape index (κ1) is 21.5. The normalized spacial score (nSPS) is 9.87. The van der Waals surface area contributed by atoms with Gasteiger partial charge in [0.25, 0.3) is 0 Å². The average molecular weight is 420 g/mol. The molecule has 1 aromatic heterocycles. The lowest BCUT2D eigenvalue weighted by atomic mass is 10.2. The molecule has 0 fully saturated rings. The molecule has 0 amide bonds.